The van der Waals surface area contributed by atoms with Gasteiger partial charge in [-0.05, 0) is 38.6 Å². The van der Waals surface area contributed by atoms with E-state index in [1.165, 1.54) is 19.2 Å². The quantitative estimate of drug-likeness (QED) is 0.729. The molecule has 0 aliphatic rings. The first-order valence-corrected chi connectivity index (χ1v) is 7.25. The fraction of sp³-hybridized carbons (Fsp3) is 0.417. The fourth-order valence-corrected chi connectivity index (χ4v) is 2.15. The third-order valence-electron chi connectivity index (χ3n) is 2.52. The van der Waals surface area contributed by atoms with Crippen molar-refractivity contribution in [1.29, 1.82) is 0 Å². The minimum Gasteiger partial charge on any atom is -0.350 e. The summed E-state index contributed by atoms with van der Waals surface area (Å²) in [6, 6.07) is 6.36. The van der Waals surface area contributed by atoms with Crippen molar-refractivity contribution < 1.29 is 13.2 Å². The Balaban J connectivity index is 0.00000361. The van der Waals surface area contributed by atoms with Crippen LogP contribution in [0.1, 0.15) is 19.4 Å². The molecule has 4 N–H and O–H groups in total. The molecule has 0 aromatic heterocycles. The minimum absolute atomic E-state index is 0. The molecule has 0 unspecified atom stereocenters. The molecule has 0 aliphatic heterocycles. The van der Waals surface area contributed by atoms with E-state index in [0.29, 0.717) is 5.56 Å². The molecule has 0 saturated heterocycles. The Morgan fingerprint density at radius 3 is 2.45 bits per heavy atom. The third kappa shape index (κ3) is 5.09. The molecule has 1 amide bonds. The average molecular weight is 322 g/mol. The van der Waals surface area contributed by atoms with Crippen LogP contribution < -0.4 is 15.8 Å². The van der Waals surface area contributed by atoms with Gasteiger partial charge in [0.05, 0.1) is 10.4 Å². The van der Waals surface area contributed by atoms with Crippen molar-refractivity contribution >= 4 is 28.3 Å². The van der Waals surface area contributed by atoms with Gasteiger partial charge in [-0.1, -0.05) is 12.1 Å². The molecule has 0 spiro atoms. The molecule has 6 nitrogen and oxygen atoms in total. The van der Waals surface area contributed by atoms with Crippen LogP contribution >= 0.6 is 12.4 Å². The second kappa shape index (κ2) is 7.03. The molecule has 0 heterocycles. The second-order valence-electron chi connectivity index (χ2n) is 4.76. The van der Waals surface area contributed by atoms with Gasteiger partial charge >= 0.3 is 0 Å². The number of hydrogen-bond donors (Lipinski definition) is 3. The summed E-state index contributed by atoms with van der Waals surface area (Å²) in [5.74, 6) is -0.297. The van der Waals surface area contributed by atoms with Crippen LogP contribution in [0.5, 0.6) is 0 Å². The number of nitrogens with one attached hydrogen (secondary N) is 2. The van der Waals surface area contributed by atoms with Crippen molar-refractivity contribution in [2.75, 3.05) is 7.05 Å². The van der Waals surface area contributed by atoms with E-state index in [9.17, 15) is 13.2 Å². The highest BCUT2D eigenvalue weighted by molar-refractivity contribution is 7.89. The highest BCUT2D eigenvalue weighted by Crippen LogP contribution is 2.11. The predicted octanol–water partition coefficient (Wildman–Crippen LogP) is 0.370. The Bertz CT molecular complexity index is 568. The molecule has 0 radical (unpaired) electrons. The average Bonchev–Trinajstić information content (AvgIpc) is 2.35. The Kier molecular flexibility index (Phi) is 6.63. The van der Waals surface area contributed by atoms with Gasteiger partial charge in [0.15, 0.2) is 0 Å². The monoisotopic (exact) mass is 321 g/mol. The van der Waals surface area contributed by atoms with Crippen molar-refractivity contribution in [2.24, 2.45) is 5.73 Å². The number of nitrogens with two attached hydrogens (primary N) is 1. The van der Waals surface area contributed by atoms with E-state index in [0.717, 1.165) is 0 Å². The Labute approximate surface area is 125 Å². The van der Waals surface area contributed by atoms with Crippen LogP contribution in [0.2, 0.25) is 0 Å². The van der Waals surface area contributed by atoms with Crippen molar-refractivity contribution in [2.45, 2.75) is 30.8 Å². The standard InChI is InChI=1S/C12H19N3O3S.ClH/c1-12(2,13)11(16)15-8-9-5-4-6-10(7-9)19(17,18)14-3;/h4-7,14H,8,13H2,1-3H3,(H,15,16);1H. The summed E-state index contributed by atoms with van der Waals surface area (Å²) in [7, 11) is -2.13. The summed E-state index contributed by atoms with van der Waals surface area (Å²) < 4.78 is 25.5. The lowest BCUT2D eigenvalue weighted by atomic mass is 10.1. The molecule has 0 saturated carbocycles. The Morgan fingerprint density at radius 2 is 1.95 bits per heavy atom. The van der Waals surface area contributed by atoms with Gasteiger partial charge in [0.25, 0.3) is 0 Å². The first-order chi connectivity index (χ1) is 8.66. The molecule has 20 heavy (non-hydrogen) atoms. The summed E-state index contributed by atoms with van der Waals surface area (Å²) in [5.41, 5.74) is 5.37. The van der Waals surface area contributed by atoms with Crippen LogP contribution in [0.15, 0.2) is 29.2 Å². The van der Waals surface area contributed by atoms with Crippen molar-refractivity contribution in [3.63, 3.8) is 0 Å². The molecule has 1 aromatic rings. The van der Waals surface area contributed by atoms with Crippen LogP contribution in [0.4, 0.5) is 0 Å². The number of sulfonamides is 1. The Hall–Kier alpha value is -1.15. The lowest BCUT2D eigenvalue weighted by molar-refractivity contribution is -0.125. The normalized spacial score (nSPS) is 11.6. The summed E-state index contributed by atoms with van der Waals surface area (Å²) in [5, 5.41) is 2.66. The molecule has 0 aliphatic carbocycles. The number of halogens is 1. The topological polar surface area (TPSA) is 101 Å². The van der Waals surface area contributed by atoms with Gasteiger partial charge in [0.2, 0.25) is 15.9 Å². The maximum Gasteiger partial charge on any atom is 0.240 e. The number of benzene rings is 1. The Morgan fingerprint density at radius 1 is 1.35 bits per heavy atom. The highest BCUT2D eigenvalue weighted by atomic mass is 35.5. The molecule has 0 bridgehead atoms. The number of carbonyl (C=O) groups is 1. The van der Waals surface area contributed by atoms with Gasteiger partial charge in [0.1, 0.15) is 0 Å². The summed E-state index contributed by atoms with van der Waals surface area (Å²) in [6.45, 7) is 3.43. The summed E-state index contributed by atoms with van der Waals surface area (Å²) in [4.78, 5) is 11.8. The van der Waals surface area contributed by atoms with Gasteiger partial charge in [0, 0.05) is 6.54 Å². The van der Waals surface area contributed by atoms with E-state index < -0.39 is 15.6 Å². The van der Waals surface area contributed by atoms with Gasteiger partial charge in [-0.15, -0.1) is 12.4 Å². The largest absolute Gasteiger partial charge is 0.350 e. The maximum absolute atomic E-state index is 11.6. The van der Waals surface area contributed by atoms with Crippen LogP contribution in [0.3, 0.4) is 0 Å². The fourth-order valence-electron chi connectivity index (χ4n) is 1.35. The number of carbonyl (C=O) groups excluding carboxylic acids is 1. The first kappa shape index (κ1) is 18.9. The minimum atomic E-state index is -3.48. The number of hydrogen-bond acceptors (Lipinski definition) is 4. The summed E-state index contributed by atoms with van der Waals surface area (Å²) >= 11 is 0. The predicted molar refractivity (Wildman–Crippen MR) is 80.0 cm³/mol. The highest BCUT2D eigenvalue weighted by Gasteiger charge is 2.21. The second-order valence-corrected chi connectivity index (χ2v) is 6.65. The number of rotatable bonds is 5. The van der Waals surface area contributed by atoms with Crippen molar-refractivity contribution in [1.82, 2.24) is 10.0 Å². The molecule has 0 fully saturated rings. The van der Waals surface area contributed by atoms with Gasteiger partial charge in [-0.3, -0.25) is 4.79 Å². The van der Waals surface area contributed by atoms with E-state index in [1.54, 1.807) is 26.0 Å². The van der Waals surface area contributed by atoms with Gasteiger partial charge in [-0.25, -0.2) is 13.1 Å². The van der Waals surface area contributed by atoms with Crippen LogP contribution in [0.25, 0.3) is 0 Å². The zero-order valence-electron chi connectivity index (χ0n) is 11.6. The molecular weight excluding hydrogens is 302 g/mol. The number of amides is 1. The van der Waals surface area contributed by atoms with Crippen LogP contribution in [-0.4, -0.2) is 26.9 Å². The van der Waals surface area contributed by atoms with Crippen LogP contribution in [0, 0.1) is 0 Å². The van der Waals surface area contributed by atoms with E-state index in [1.807, 2.05) is 0 Å². The van der Waals surface area contributed by atoms with Crippen molar-refractivity contribution in [3.05, 3.63) is 29.8 Å². The smallest absolute Gasteiger partial charge is 0.240 e. The van der Waals surface area contributed by atoms with E-state index in [-0.39, 0.29) is 29.8 Å². The summed E-state index contributed by atoms with van der Waals surface area (Å²) in [6.07, 6.45) is 0. The maximum atomic E-state index is 11.6. The zero-order valence-corrected chi connectivity index (χ0v) is 13.3. The molecule has 1 rings (SSSR count). The van der Waals surface area contributed by atoms with Gasteiger partial charge < -0.3 is 11.1 Å². The zero-order chi connectivity index (χ0) is 14.7. The SMILES string of the molecule is CNS(=O)(=O)c1cccc(CNC(=O)C(C)(C)N)c1.Cl. The molecule has 1 aromatic carbocycles. The first-order valence-electron chi connectivity index (χ1n) is 5.76. The van der Waals surface area contributed by atoms with Crippen molar-refractivity contribution in [3.8, 4) is 0 Å². The molecule has 8 heteroatoms. The molecule has 114 valence electrons. The lowest BCUT2D eigenvalue weighted by Crippen LogP contribution is -2.48. The van der Waals surface area contributed by atoms with Crippen LogP contribution in [-0.2, 0) is 21.4 Å². The van der Waals surface area contributed by atoms with E-state index in [4.69, 9.17) is 5.73 Å². The lowest BCUT2D eigenvalue weighted by Gasteiger charge is -2.17. The third-order valence-corrected chi connectivity index (χ3v) is 3.93. The molecular formula is C12H20ClN3O3S. The molecule has 0 atom stereocenters. The van der Waals surface area contributed by atoms with Gasteiger partial charge in [-0.2, -0.15) is 0 Å². The van der Waals surface area contributed by atoms with E-state index in [2.05, 4.69) is 10.0 Å². The van der Waals surface area contributed by atoms with E-state index >= 15 is 0 Å².